The molecule has 18 heavy (non-hydrogen) atoms. The van der Waals surface area contributed by atoms with Crippen LogP contribution in [0, 0.1) is 0 Å². The first-order valence-corrected chi connectivity index (χ1v) is 6.26. The van der Waals surface area contributed by atoms with E-state index >= 15 is 0 Å². The van der Waals surface area contributed by atoms with Gasteiger partial charge < -0.3 is 9.84 Å². The number of aryl methyl sites for hydroxylation is 1. The zero-order valence-corrected chi connectivity index (χ0v) is 10.7. The van der Waals surface area contributed by atoms with Crippen molar-refractivity contribution in [2.24, 2.45) is 0 Å². The van der Waals surface area contributed by atoms with E-state index in [9.17, 15) is 4.79 Å². The maximum absolute atomic E-state index is 11.1. The Morgan fingerprint density at radius 3 is 3.06 bits per heavy atom. The fourth-order valence-corrected chi connectivity index (χ4v) is 2.48. The Labute approximate surface area is 106 Å². The second kappa shape index (κ2) is 5.39. The van der Waals surface area contributed by atoms with Gasteiger partial charge in [0, 0.05) is 6.54 Å². The van der Waals surface area contributed by atoms with Crippen molar-refractivity contribution in [1.82, 2.24) is 15.1 Å². The molecule has 2 heterocycles. The van der Waals surface area contributed by atoms with Gasteiger partial charge >= 0.3 is 5.97 Å². The second-order valence-electron chi connectivity index (χ2n) is 4.45. The van der Waals surface area contributed by atoms with Gasteiger partial charge in [0.1, 0.15) is 6.04 Å². The molecule has 1 fully saturated rings. The number of ether oxygens (including phenoxy) is 1. The number of piperidine rings is 1. The van der Waals surface area contributed by atoms with E-state index in [1.165, 1.54) is 0 Å². The number of methoxy groups -OCH3 is 1. The minimum absolute atomic E-state index is 0.00255. The van der Waals surface area contributed by atoms with Crippen LogP contribution in [0.3, 0.4) is 0 Å². The first-order chi connectivity index (χ1) is 8.67. The van der Waals surface area contributed by atoms with Gasteiger partial charge in [-0.3, -0.25) is 14.8 Å². The van der Waals surface area contributed by atoms with Gasteiger partial charge in [0.2, 0.25) is 0 Å². The molecule has 1 aliphatic rings. The lowest BCUT2D eigenvalue weighted by Crippen LogP contribution is -2.43. The first-order valence-electron chi connectivity index (χ1n) is 6.26. The number of carbonyl (C=O) groups is 1. The highest BCUT2D eigenvalue weighted by atomic mass is 16.5. The molecule has 1 aliphatic heterocycles. The van der Waals surface area contributed by atoms with E-state index in [1.54, 1.807) is 13.3 Å². The number of aromatic nitrogens is 2. The van der Waals surface area contributed by atoms with Crippen molar-refractivity contribution < 1.29 is 14.6 Å². The molecule has 100 valence electrons. The minimum atomic E-state index is -0.791. The SMILES string of the molecule is CCn1ncc(OC)c1C1CCCC(C(=O)O)N1. The Kier molecular flexibility index (Phi) is 3.86. The number of carboxylic acid groups (broad SMARTS) is 1. The Balaban J connectivity index is 2.24. The Hall–Kier alpha value is -1.56. The number of rotatable bonds is 4. The van der Waals surface area contributed by atoms with Crippen LogP contribution in [0.4, 0.5) is 0 Å². The average molecular weight is 253 g/mol. The summed E-state index contributed by atoms with van der Waals surface area (Å²) in [6, 6.07) is -0.481. The van der Waals surface area contributed by atoms with E-state index in [-0.39, 0.29) is 6.04 Å². The molecule has 0 spiro atoms. The van der Waals surface area contributed by atoms with Crippen LogP contribution < -0.4 is 10.1 Å². The summed E-state index contributed by atoms with van der Waals surface area (Å²) >= 11 is 0. The van der Waals surface area contributed by atoms with Crippen molar-refractivity contribution in [1.29, 1.82) is 0 Å². The summed E-state index contributed by atoms with van der Waals surface area (Å²) in [6.45, 7) is 2.75. The molecule has 0 bridgehead atoms. The van der Waals surface area contributed by atoms with Crippen LogP contribution in [0.2, 0.25) is 0 Å². The maximum atomic E-state index is 11.1. The van der Waals surface area contributed by atoms with Gasteiger partial charge in [-0.15, -0.1) is 0 Å². The molecule has 2 atom stereocenters. The fraction of sp³-hybridized carbons (Fsp3) is 0.667. The zero-order valence-electron chi connectivity index (χ0n) is 10.7. The van der Waals surface area contributed by atoms with Crippen molar-refractivity contribution >= 4 is 5.97 Å². The fourth-order valence-electron chi connectivity index (χ4n) is 2.48. The van der Waals surface area contributed by atoms with E-state index in [1.807, 2.05) is 11.6 Å². The van der Waals surface area contributed by atoms with Crippen LogP contribution in [0.15, 0.2) is 6.20 Å². The number of nitrogens with zero attached hydrogens (tertiary/aromatic N) is 2. The predicted octanol–water partition coefficient (Wildman–Crippen LogP) is 1.18. The Morgan fingerprint density at radius 1 is 1.67 bits per heavy atom. The summed E-state index contributed by atoms with van der Waals surface area (Å²) in [5.74, 6) is -0.0679. The highest BCUT2D eigenvalue weighted by Crippen LogP contribution is 2.31. The van der Waals surface area contributed by atoms with Gasteiger partial charge in [0.05, 0.1) is 25.0 Å². The summed E-state index contributed by atoms with van der Waals surface area (Å²) < 4.78 is 7.17. The molecule has 6 heteroatoms. The third kappa shape index (κ3) is 2.33. The number of aliphatic carboxylic acids is 1. The van der Waals surface area contributed by atoms with E-state index < -0.39 is 12.0 Å². The zero-order chi connectivity index (χ0) is 13.1. The summed E-state index contributed by atoms with van der Waals surface area (Å²) in [7, 11) is 1.61. The normalized spacial score (nSPS) is 23.9. The number of nitrogens with one attached hydrogen (secondary N) is 1. The highest BCUT2D eigenvalue weighted by Gasteiger charge is 2.30. The molecular formula is C12H19N3O3. The molecule has 0 radical (unpaired) electrons. The first kappa shape index (κ1) is 12.9. The van der Waals surface area contributed by atoms with Gasteiger partial charge in [-0.1, -0.05) is 0 Å². The smallest absolute Gasteiger partial charge is 0.320 e. The Bertz CT molecular complexity index is 409. The van der Waals surface area contributed by atoms with Crippen LogP contribution in [0.25, 0.3) is 0 Å². The van der Waals surface area contributed by atoms with E-state index in [2.05, 4.69) is 10.4 Å². The number of carboxylic acids is 1. The summed E-state index contributed by atoms with van der Waals surface area (Å²) in [4.78, 5) is 11.1. The van der Waals surface area contributed by atoms with E-state index in [0.29, 0.717) is 6.42 Å². The average Bonchev–Trinajstić information content (AvgIpc) is 2.81. The topological polar surface area (TPSA) is 76.4 Å². The van der Waals surface area contributed by atoms with Gasteiger partial charge in [-0.2, -0.15) is 5.10 Å². The lowest BCUT2D eigenvalue weighted by Gasteiger charge is -2.29. The third-order valence-corrected chi connectivity index (χ3v) is 3.38. The highest BCUT2D eigenvalue weighted by molar-refractivity contribution is 5.73. The van der Waals surface area contributed by atoms with Crippen LogP contribution in [-0.4, -0.2) is 34.0 Å². The molecule has 6 nitrogen and oxygen atoms in total. The van der Waals surface area contributed by atoms with E-state index in [4.69, 9.17) is 9.84 Å². The minimum Gasteiger partial charge on any atom is -0.493 e. The molecule has 0 aliphatic carbocycles. The quantitative estimate of drug-likeness (QED) is 0.842. The third-order valence-electron chi connectivity index (χ3n) is 3.38. The van der Waals surface area contributed by atoms with Gasteiger partial charge in [0.25, 0.3) is 0 Å². The molecular weight excluding hydrogens is 234 g/mol. The largest absolute Gasteiger partial charge is 0.493 e. The van der Waals surface area contributed by atoms with Crippen LogP contribution in [0.1, 0.15) is 37.9 Å². The van der Waals surface area contributed by atoms with Crippen LogP contribution >= 0.6 is 0 Å². The van der Waals surface area contributed by atoms with Gasteiger partial charge in [-0.25, -0.2) is 0 Å². The molecule has 0 amide bonds. The van der Waals surface area contributed by atoms with Crippen molar-refractivity contribution in [2.75, 3.05) is 7.11 Å². The summed E-state index contributed by atoms with van der Waals surface area (Å²) in [5, 5.41) is 16.5. The van der Waals surface area contributed by atoms with Crippen molar-refractivity contribution in [3.8, 4) is 5.75 Å². The maximum Gasteiger partial charge on any atom is 0.320 e. The Morgan fingerprint density at radius 2 is 2.44 bits per heavy atom. The second-order valence-corrected chi connectivity index (χ2v) is 4.45. The lowest BCUT2D eigenvalue weighted by atomic mass is 9.96. The molecule has 1 aromatic rings. The standard InChI is InChI=1S/C12H19N3O3/c1-3-15-11(10(18-2)7-13-15)8-5-4-6-9(14-8)12(16)17/h7-9,14H,3-6H2,1-2H3,(H,16,17). The van der Waals surface area contributed by atoms with Crippen molar-refractivity contribution in [2.45, 2.75) is 44.8 Å². The van der Waals surface area contributed by atoms with Crippen LogP contribution in [0.5, 0.6) is 5.75 Å². The van der Waals surface area contributed by atoms with Gasteiger partial charge in [-0.05, 0) is 26.2 Å². The lowest BCUT2D eigenvalue weighted by molar-refractivity contribution is -0.140. The molecule has 2 N–H and O–H groups in total. The van der Waals surface area contributed by atoms with Crippen molar-refractivity contribution in [3.05, 3.63) is 11.9 Å². The molecule has 1 aromatic heterocycles. The number of hydrogen-bond donors (Lipinski definition) is 2. The van der Waals surface area contributed by atoms with Crippen molar-refractivity contribution in [3.63, 3.8) is 0 Å². The summed E-state index contributed by atoms with van der Waals surface area (Å²) in [6.07, 6.45) is 4.16. The van der Waals surface area contributed by atoms with Gasteiger partial charge in [0.15, 0.2) is 5.75 Å². The van der Waals surface area contributed by atoms with Crippen LogP contribution in [-0.2, 0) is 11.3 Å². The molecule has 2 rings (SSSR count). The van der Waals surface area contributed by atoms with E-state index in [0.717, 1.165) is 30.8 Å². The molecule has 2 unspecified atom stereocenters. The monoisotopic (exact) mass is 253 g/mol. The molecule has 0 aromatic carbocycles. The predicted molar refractivity (Wildman–Crippen MR) is 65.6 cm³/mol. The molecule has 1 saturated heterocycles. The molecule has 0 saturated carbocycles. The number of hydrogen-bond acceptors (Lipinski definition) is 4. The summed E-state index contributed by atoms with van der Waals surface area (Å²) in [5.41, 5.74) is 0.950.